The summed E-state index contributed by atoms with van der Waals surface area (Å²) in [5.41, 5.74) is 2.13. The van der Waals surface area contributed by atoms with Gasteiger partial charge in [0.05, 0.1) is 12.5 Å². The van der Waals surface area contributed by atoms with E-state index in [1.807, 2.05) is 24.3 Å². The SMILES string of the molecule is COCc1cccc(NC(=O)C2CCCN(C(=O)c3ccc(F)cc3)C2)c1. The van der Waals surface area contributed by atoms with Crippen LogP contribution in [-0.2, 0) is 16.1 Å². The van der Waals surface area contributed by atoms with Gasteiger partial charge in [0.1, 0.15) is 5.82 Å². The highest BCUT2D eigenvalue weighted by atomic mass is 19.1. The molecule has 3 rings (SSSR count). The molecule has 2 aromatic carbocycles. The summed E-state index contributed by atoms with van der Waals surface area (Å²) >= 11 is 0. The van der Waals surface area contributed by atoms with Crippen LogP contribution in [0, 0.1) is 11.7 Å². The summed E-state index contributed by atoms with van der Waals surface area (Å²) in [5, 5.41) is 2.94. The summed E-state index contributed by atoms with van der Waals surface area (Å²) in [6.07, 6.45) is 1.49. The number of ether oxygens (including phenoxy) is 1. The van der Waals surface area contributed by atoms with Gasteiger partial charge in [0, 0.05) is 31.5 Å². The van der Waals surface area contributed by atoms with E-state index in [1.54, 1.807) is 12.0 Å². The van der Waals surface area contributed by atoms with E-state index in [2.05, 4.69) is 5.32 Å². The van der Waals surface area contributed by atoms with Gasteiger partial charge in [-0.1, -0.05) is 12.1 Å². The van der Waals surface area contributed by atoms with E-state index in [9.17, 15) is 14.0 Å². The summed E-state index contributed by atoms with van der Waals surface area (Å²) in [6.45, 7) is 1.44. The molecule has 0 aromatic heterocycles. The zero-order valence-electron chi connectivity index (χ0n) is 15.3. The molecule has 5 nitrogen and oxygen atoms in total. The lowest BCUT2D eigenvalue weighted by molar-refractivity contribution is -0.121. The van der Waals surface area contributed by atoms with Crippen LogP contribution >= 0.6 is 0 Å². The highest BCUT2D eigenvalue weighted by molar-refractivity contribution is 5.96. The van der Waals surface area contributed by atoms with Crippen LogP contribution in [0.1, 0.15) is 28.8 Å². The van der Waals surface area contributed by atoms with Gasteiger partial charge in [0.15, 0.2) is 0 Å². The van der Waals surface area contributed by atoms with E-state index < -0.39 is 0 Å². The lowest BCUT2D eigenvalue weighted by Crippen LogP contribution is -2.43. The van der Waals surface area contributed by atoms with Crippen LogP contribution in [0.5, 0.6) is 0 Å². The Kier molecular flexibility index (Phi) is 6.19. The molecule has 1 N–H and O–H groups in total. The first-order valence-corrected chi connectivity index (χ1v) is 9.00. The number of likely N-dealkylation sites (tertiary alicyclic amines) is 1. The number of carbonyl (C=O) groups excluding carboxylic acids is 2. The number of benzene rings is 2. The first kappa shape index (κ1) is 19.0. The third-order valence-corrected chi connectivity index (χ3v) is 4.68. The smallest absolute Gasteiger partial charge is 0.253 e. The van der Waals surface area contributed by atoms with Crippen molar-refractivity contribution in [3.63, 3.8) is 0 Å². The molecule has 2 amide bonds. The van der Waals surface area contributed by atoms with Crippen LogP contribution in [0.15, 0.2) is 48.5 Å². The molecule has 2 aromatic rings. The van der Waals surface area contributed by atoms with Crippen molar-refractivity contribution in [3.05, 3.63) is 65.5 Å². The van der Waals surface area contributed by atoms with E-state index in [0.717, 1.165) is 24.1 Å². The van der Waals surface area contributed by atoms with Crippen LogP contribution in [0.4, 0.5) is 10.1 Å². The maximum Gasteiger partial charge on any atom is 0.253 e. The third kappa shape index (κ3) is 4.92. The van der Waals surface area contributed by atoms with Crippen molar-refractivity contribution in [1.29, 1.82) is 0 Å². The predicted octanol–water partition coefficient (Wildman–Crippen LogP) is 3.46. The maximum atomic E-state index is 13.1. The molecule has 1 saturated heterocycles. The number of methoxy groups -OCH3 is 1. The fourth-order valence-electron chi connectivity index (χ4n) is 3.30. The van der Waals surface area contributed by atoms with E-state index >= 15 is 0 Å². The second-order valence-corrected chi connectivity index (χ2v) is 6.72. The average molecular weight is 370 g/mol. The van der Waals surface area contributed by atoms with Gasteiger partial charge in [-0.3, -0.25) is 9.59 Å². The minimum atomic E-state index is -0.377. The summed E-state index contributed by atoms with van der Waals surface area (Å²) in [6, 6.07) is 13.0. The molecule has 6 heteroatoms. The highest BCUT2D eigenvalue weighted by Crippen LogP contribution is 2.21. The summed E-state index contributed by atoms with van der Waals surface area (Å²) in [7, 11) is 1.63. The van der Waals surface area contributed by atoms with Crippen molar-refractivity contribution in [2.75, 3.05) is 25.5 Å². The fourth-order valence-corrected chi connectivity index (χ4v) is 3.30. The molecule has 1 aliphatic heterocycles. The zero-order valence-corrected chi connectivity index (χ0v) is 15.3. The third-order valence-electron chi connectivity index (χ3n) is 4.68. The molecular formula is C21H23FN2O3. The molecule has 1 unspecified atom stereocenters. The first-order chi connectivity index (χ1) is 13.1. The van der Waals surface area contributed by atoms with Crippen LogP contribution in [0.25, 0.3) is 0 Å². The quantitative estimate of drug-likeness (QED) is 0.877. The summed E-state index contributed by atoms with van der Waals surface area (Å²) in [4.78, 5) is 26.9. The Bertz CT molecular complexity index is 807. The lowest BCUT2D eigenvalue weighted by atomic mass is 9.96. The molecule has 1 atom stereocenters. The van der Waals surface area contributed by atoms with Crippen LogP contribution in [-0.4, -0.2) is 36.9 Å². The Morgan fingerprint density at radius 1 is 1.22 bits per heavy atom. The van der Waals surface area contributed by atoms with Crippen LogP contribution in [0.2, 0.25) is 0 Å². The number of carbonyl (C=O) groups is 2. The number of anilines is 1. The van der Waals surface area contributed by atoms with Gasteiger partial charge in [-0.25, -0.2) is 4.39 Å². The Morgan fingerprint density at radius 3 is 2.74 bits per heavy atom. The Labute approximate surface area is 158 Å². The van der Waals surface area contributed by atoms with Gasteiger partial charge in [-0.15, -0.1) is 0 Å². The van der Waals surface area contributed by atoms with Crippen molar-refractivity contribution in [1.82, 2.24) is 4.90 Å². The van der Waals surface area contributed by atoms with Gasteiger partial charge in [0.25, 0.3) is 5.91 Å². The molecular weight excluding hydrogens is 347 g/mol. The summed E-state index contributed by atoms with van der Waals surface area (Å²) < 4.78 is 18.2. The number of rotatable bonds is 5. The molecule has 0 bridgehead atoms. The van der Waals surface area contributed by atoms with Crippen molar-refractivity contribution < 1.29 is 18.7 Å². The highest BCUT2D eigenvalue weighted by Gasteiger charge is 2.29. The molecule has 1 heterocycles. The second-order valence-electron chi connectivity index (χ2n) is 6.72. The van der Waals surface area contributed by atoms with Crippen molar-refractivity contribution in [3.8, 4) is 0 Å². The largest absolute Gasteiger partial charge is 0.380 e. The van der Waals surface area contributed by atoms with Crippen molar-refractivity contribution in [2.45, 2.75) is 19.4 Å². The maximum absolute atomic E-state index is 13.1. The predicted molar refractivity (Wildman–Crippen MR) is 101 cm³/mol. The van der Waals surface area contributed by atoms with Crippen LogP contribution in [0.3, 0.4) is 0 Å². The fraction of sp³-hybridized carbons (Fsp3) is 0.333. The van der Waals surface area contributed by atoms with E-state index in [1.165, 1.54) is 24.3 Å². The van der Waals surface area contributed by atoms with Gasteiger partial charge in [-0.05, 0) is 54.8 Å². The summed E-state index contributed by atoms with van der Waals surface area (Å²) in [5.74, 6) is -0.914. The molecule has 0 aliphatic carbocycles. The van der Waals surface area contributed by atoms with Crippen molar-refractivity contribution >= 4 is 17.5 Å². The molecule has 0 saturated carbocycles. The monoisotopic (exact) mass is 370 g/mol. The Balaban J connectivity index is 1.63. The molecule has 0 radical (unpaired) electrons. The first-order valence-electron chi connectivity index (χ1n) is 9.00. The lowest BCUT2D eigenvalue weighted by Gasteiger charge is -2.32. The second kappa shape index (κ2) is 8.77. The Morgan fingerprint density at radius 2 is 2.00 bits per heavy atom. The van der Waals surface area contributed by atoms with Gasteiger partial charge in [0.2, 0.25) is 5.91 Å². The molecule has 142 valence electrons. The standard InChI is InChI=1S/C21H23FN2O3/c1-27-14-15-4-2-6-19(12-15)23-20(25)17-5-3-11-24(13-17)21(26)16-7-9-18(22)10-8-16/h2,4,6-10,12,17H,3,5,11,13-14H2,1H3,(H,23,25). The van der Waals surface area contributed by atoms with E-state index in [4.69, 9.17) is 4.74 Å². The van der Waals surface area contributed by atoms with Crippen LogP contribution < -0.4 is 5.32 Å². The van der Waals surface area contributed by atoms with Crippen molar-refractivity contribution in [2.24, 2.45) is 5.92 Å². The molecule has 1 fully saturated rings. The zero-order chi connectivity index (χ0) is 19.2. The minimum absolute atomic E-state index is 0.0961. The topological polar surface area (TPSA) is 58.6 Å². The number of hydrogen-bond acceptors (Lipinski definition) is 3. The number of halogens is 1. The number of nitrogens with one attached hydrogen (secondary N) is 1. The number of amides is 2. The van der Waals surface area contributed by atoms with Gasteiger partial charge >= 0.3 is 0 Å². The van der Waals surface area contributed by atoms with E-state index in [-0.39, 0.29) is 23.5 Å². The van der Waals surface area contributed by atoms with Gasteiger partial charge < -0.3 is 15.0 Å². The minimum Gasteiger partial charge on any atom is -0.380 e. The van der Waals surface area contributed by atoms with Gasteiger partial charge in [-0.2, -0.15) is 0 Å². The molecule has 27 heavy (non-hydrogen) atoms. The normalized spacial score (nSPS) is 16.8. The average Bonchev–Trinajstić information content (AvgIpc) is 2.69. The number of hydrogen-bond donors (Lipinski definition) is 1. The Hall–Kier alpha value is -2.73. The molecule has 1 aliphatic rings. The molecule has 0 spiro atoms. The van der Waals surface area contributed by atoms with E-state index in [0.29, 0.717) is 25.3 Å². The number of nitrogens with zero attached hydrogens (tertiary/aromatic N) is 1. The number of piperidine rings is 1.